The Bertz CT molecular complexity index is 607. The first kappa shape index (κ1) is 15.8. The molecule has 122 valence electrons. The van der Waals surface area contributed by atoms with Gasteiger partial charge in [0.15, 0.2) is 0 Å². The van der Waals surface area contributed by atoms with Crippen LogP contribution in [0.1, 0.15) is 11.3 Å². The number of hydrogen-bond acceptors (Lipinski definition) is 6. The number of aromatic nitrogens is 3. The second-order valence-corrected chi connectivity index (χ2v) is 5.84. The minimum atomic E-state index is 0.446. The fourth-order valence-corrected chi connectivity index (χ4v) is 2.99. The van der Waals surface area contributed by atoms with Gasteiger partial charge in [0.25, 0.3) is 0 Å². The molecule has 23 heavy (non-hydrogen) atoms. The van der Waals surface area contributed by atoms with Crippen LogP contribution in [0.2, 0.25) is 0 Å². The lowest BCUT2D eigenvalue weighted by Crippen LogP contribution is -2.31. The summed E-state index contributed by atoms with van der Waals surface area (Å²) in [6.45, 7) is 4.38. The maximum atomic E-state index is 5.79. The zero-order valence-corrected chi connectivity index (χ0v) is 13.5. The number of hydrogen-bond donors (Lipinski definition) is 1. The molecule has 1 saturated heterocycles. The van der Waals surface area contributed by atoms with Crippen molar-refractivity contribution < 1.29 is 4.74 Å². The Morgan fingerprint density at radius 3 is 3.09 bits per heavy atom. The predicted octanol–water partition coefficient (Wildman–Crippen LogP) is 1.60. The number of ether oxygens (including phenoxy) is 1. The van der Waals surface area contributed by atoms with Crippen molar-refractivity contribution in [1.82, 2.24) is 19.9 Å². The molecule has 0 radical (unpaired) electrons. The predicted molar refractivity (Wildman–Crippen MR) is 89.1 cm³/mol. The molecule has 2 aromatic heterocycles. The van der Waals surface area contributed by atoms with E-state index in [-0.39, 0.29) is 0 Å². The maximum Gasteiger partial charge on any atom is 0.130 e. The van der Waals surface area contributed by atoms with Crippen LogP contribution in [0, 0.1) is 5.92 Å². The van der Waals surface area contributed by atoms with Crippen LogP contribution >= 0.6 is 0 Å². The molecule has 0 bridgehead atoms. The Morgan fingerprint density at radius 2 is 2.26 bits per heavy atom. The Hall–Kier alpha value is -2.05. The molecule has 0 amide bonds. The first-order valence-corrected chi connectivity index (χ1v) is 8.02. The monoisotopic (exact) mass is 313 g/mol. The van der Waals surface area contributed by atoms with Crippen LogP contribution in [0.25, 0.3) is 0 Å². The summed E-state index contributed by atoms with van der Waals surface area (Å²) in [6.07, 6.45) is 6.15. The van der Waals surface area contributed by atoms with Gasteiger partial charge in [-0.2, -0.15) is 0 Å². The smallest absolute Gasteiger partial charge is 0.130 e. The lowest BCUT2D eigenvalue weighted by Gasteiger charge is -2.24. The first-order chi connectivity index (χ1) is 11.3. The number of nitrogens with one attached hydrogen (secondary N) is 1. The van der Waals surface area contributed by atoms with Gasteiger partial charge in [-0.25, -0.2) is 15.0 Å². The average Bonchev–Trinajstić information content (AvgIpc) is 2.81. The summed E-state index contributed by atoms with van der Waals surface area (Å²) in [7, 11) is 1.91. The highest BCUT2D eigenvalue weighted by Crippen LogP contribution is 2.18. The Morgan fingerprint density at radius 1 is 1.30 bits per heavy atom. The molecule has 6 heteroatoms. The minimum absolute atomic E-state index is 0.446. The van der Waals surface area contributed by atoms with E-state index in [2.05, 4.69) is 31.2 Å². The number of nitrogens with zero attached hydrogens (tertiary/aromatic N) is 4. The van der Waals surface area contributed by atoms with Crippen molar-refractivity contribution in [2.24, 2.45) is 5.92 Å². The highest BCUT2D eigenvalue weighted by molar-refractivity contribution is 5.42. The van der Waals surface area contributed by atoms with E-state index in [1.54, 1.807) is 12.5 Å². The van der Waals surface area contributed by atoms with Crippen LogP contribution in [-0.2, 0) is 17.7 Å². The standard InChI is InChI=1S/C17H23N5O/c1-18-17-15(3-2-5-20-17)11-22-7-8-23-12-14(10-22)9-16-4-6-19-13-21-16/h2-6,13-14H,7-12H2,1H3,(H,18,20). The summed E-state index contributed by atoms with van der Waals surface area (Å²) in [5, 5.41) is 3.17. The highest BCUT2D eigenvalue weighted by atomic mass is 16.5. The van der Waals surface area contributed by atoms with Gasteiger partial charge in [-0.15, -0.1) is 0 Å². The number of rotatable bonds is 5. The van der Waals surface area contributed by atoms with Crippen molar-refractivity contribution >= 4 is 5.82 Å². The SMILES string of the molecule is CNc1ncccc1CN1CCOCC(Cc2ccncn2)C1. The molecule has 1 aliphatic heterocycles. The van der Waals surface area contributed by atoms with Crippen LogP contribution in [0.4, 0.5) is 5.82 Å². The largest absolute Gasteiger partial charge is 0.380 e. The van der Waals surface area contributed by atoms with E-state index in [4.69, 9.17) is 4.74 Å². The Labute approximate surface area is 136 Å². The van der Waals surface area contributed by atoms with Gasteiger partial charge in [-0.1, -0.05) is 6.07 Å². The molecule has 3 rings (SSSR count). The summed E-state index contributed by atoms with van der Waals surface area (Å²) in [4.78, 5) is 15.1. The molecule has 1 fully saturated rings. The quantitative estimate of drug-likeness (QED) is 0.905. The fraction of sp³-hybridized carbons (Fsp3) is 0.471. The summed E-state index contributed by atoms with van der Waals surface area (Å²) < 4.78 is 5.79. The molecule has 1 atom stereocenters. The average molecular weight is 313 g/mol. The van der Waals surface area contributed by atoms with Crippen LogP contribution in [0.3, 0.4) is 0 Å². The van der Waals surface area contributed by atoms with E-state index in [1.807, 2.05) is 25.4 Å². The molecule has 1 N–H and O–H groups in total. The summed E-state index contributed by atoms with van der Waals surface area (Å²) >= 11 is 0. The Balaban J connectivity index is 1.65. The fourth-order valence-electron chi connectivity index (χ4n) is 2.99. The molecule has 0 spiro atoms. The topological polar surface area (TPSA) is 63.2 Å². The van der Waals surface area contributed by atoms with Gasteiger partial charge in [0, 0.05) is 56.3 Å². The van der Waals surface area contributed by atoms with Crippen molar-refractivity contribution in [2.45, 2.75) is 13.0 Å². The van der Waals surface area contributed by atoms with Crippen LogP contribution in [0.5, 0.6) is 0 Å². The molecule has 0 saturated carbocycles. The van der Waals surface area contributed by atoms with Crippen molar-refractivity contribution in [1.29, 1.82) is 0 Å². The molecule has 6 nitrogen and oxygen atoms in total. The zero-order chi connectivity index (χ0) is 15.9. The molecule has 2 aromatic rings. The van der Waals surface area contributed by atoms with Gasteiger partial charge in [0.05, 0.1) is 13.2 Å². The number of anilines is 1. The van der Waals surface area contributed by atoms with E-state index >= 15 is 0 Å². The molecule has 3 heterocycles. The van der Waals surface area contributed by atoms with Gasteiger partial charge < -0.3 is 10.1 Å². The first-order valence-electron chi connectivity index (χ1n) is 8.02. The van der Waals surface area contributed by atoms with Gasteiger partial charge >= 0.3 is 0 Å². The van der Waals surface area contributed by atoms with Crippen LogP contribution in [-0.4, -0.2) is 53.2 Å². The molecule has 1 unspecified atom stereocenters. The third-order valence-corrected chi connectivity index (χ3v) is 4.08. The molecular weight excluding hydrogens is 290 g/mol. The summed E-state index contributed by atoms with van der Waals surface area (Å²) in [5.74, 6) is 1.40. The molecular formula is C17H23N5O. The second-order valence-electron chi connectivity index (χ2n) is 5.84. The lowest BCUT2D eigenvalue weighted by molar-refractivity contribution is 0.121. The summed E-state index contributed by atoms with van der Waals surface area (Å²) in [5.41, 5.74) is 2.30. The zero-order valence-electron chi connectivity index (χ0n) is 13.5. The third kappa shape index (κ3) is 4.46. The molecule has 0 aliphatic carbocycles. The molecule has 1 aliphatic rings. The van der Waals surface area contributed by atoms with E-state index in [0.717, 1.165) is 50.8 Å². The lowest BCUT2D eigenvalue weighted by atomic mass is 10.0. The number of pyridine rings is 1. The minimum Gasteiger partial charge on any atom is -0.380 e. The van der Waals surface area contributed by atoms with Crippen molar-refractivity contribution in [3.05, 3.63) is 48.2 Å². The second kappa shape index (κ2) is 7.99. The van der Waals surface area contributed by atoms with E-state index in [1.165, 1.54) is 5.56 Å². The van der Waals surface area contributed by atoms with E-state index < -0.39 is 0 Å². The molecule has 0 aromatic carbocycles. The van der Waals surface area contributed by atoms with Crippen molar-refractivity contribution in [3.8, 4) is 0 Å². The van der Waals surface area contributed by atoms with E-state index in [0.29, 0.717) is 5.92 Å². The van der Waals surface area contributed by atoms with E-state index in [9.17, 15) is 0 Å². The third-order valence-electron chi connectivity index (χ3n) is 4.08. The van der Waals surface area contributed by atoms with Crippen molar-refractivity contribution in [3.63, 3.8) is 0 Å². The maximum absolute atomic E-state index is 5.79. The van der Waals surface area contributed by atoms with Crippen LogP contribution in [0.15, 0.2) is 36.9 Å². The van der Waals surface area contributed by atoms with Gasteiger partial charge in [-0.3, -0.25) is 4.90 Å². The van der Waals surface area contributed by atoms with Crippen LogP contribution < -0.4 is 5.32 Å². The normalized spacial score (nSPS) is 19.3. The van der Waals surface area contributed by atoms with Crippen molar-refractivity contribution in [2.75, 3.05) is 38.7 Å². The summed E-state index contributed by atoms with van der Waals surface area (Å²) in [6, 6.07) is 6.10. The Kier molecular flexibility index (Phi) is 5.50. The van der Waals surface area contributed by atoms with Gasteiger partial charge in [0.2, 0.25) is 0 Å². The van der Waals surface area contributed by atoms with Gasteiger partial charge in [0.1, 0.15) is 12.1 Å². The van der Waals surface area contributed by atoms with Gasteiger partial charge in [-0.05, 0) is 18.6 Å². The highest BCUT2D eigenvalue weighted by Gasteiger charge is 2.20.